The monoisotopic (exact) mass is 424 g/mol. The van der Waals surface area contributed by atoms with E-state index in [2.05, 4.69) is 43.4 Å². The summed E-state index contributed by atoms with van der Waals surface area (Å²) in [4.78, 5) is 27.5. The Labute approximate surface area is 186 Å². The van der Waals surface area contributed by atoms with Crippen molar-refractivity contribution in [2.45, 2.75) is 65.5 Å². The summed E-state index contributed by atoms with van der Waals surface area (Å²) in [6.45, 7) is 7.04. The molecular weight excluding hydrogens is 388 g/mol. The van der Waals surface area contributed by atoms with E-state index >= 15 is 0 Å². The van der Waals surface area contributed by atoms with Crippen LogP contribution in [-0.4, -0.2) is 36.4 Å². The number of hydrogen-bond donors (Lipinski definition) is 1. The van der Waals surface area contributed by atoms with Crippen LogP contribution in [0.4, 0.5) is 0 Å². The van der Waals surface area contributed by atoms with Gasteiger partial charge in [0, 0.05) is 19.5 Å². The predicted molar refractivity (Wildman–Crippen MR) is 125 cm³/mol. The van der Waals surface area contributed by atoms with Crippen LogP contribution in [0.1, 0.15) is 56.7 Å². The third kappa shape index (κ3) is 7.74. The molecule has 5 nitrogen and oxygen atoms in total. The van der Waals surface area contributed by atoms with Gasteiger partial charge >= 0.3 is 0 Å². The molecule has 0 aliphatic rings. The molecule has 2 amide bonds. The summed E-state index contributed by atoms with van der Waals surface area (Å²) in [6.07, 6.45) is 3.97. The second kappa shape index (κ2) is 12.8. The molecule has 2 aromatic carbocycles. The number of hydrogen-bond acceptors (Lipinski definition) is 3. The van der Waals surface area contributed by atoms with Gasteiger partial charge in [-0.2, -0.15) is 0 Å². The fraction of sp³-hybridized carbons (Fsp3) is 0.462. The lowest BCUT2D eigenvalue weighted by molar-refractivity contribution is -0.140. The number of carbonyl (C=O) groups is 2. The Morgan fingerprint density at radius 1 is 0.968 bits per heavy atom. The largest absolute Gasteiger partial charge is 0.497 e. The Morgan fingerprint density at radius 2 is 1.58 bits per heavy atom. The van der Waals surface area contributed by atoms with Crippen molar-refractivity contribution in [1.82, 2.24) is 10.2 Å². The van der Waals surface area contributed by atoms with Gasteiger partial charge in [0.05, 0.1) is 7.11 Å². The average molecular weight is 425 g/mol. The van der Waals surface area contributed by atoms with Crippen molar-refractivity contribution in [3.63, 3.8) is 0 Å². The van der Waals surface area contributed by atoms with Crippen LogP contribution >= 0.6 is 0 Å². The maximum absolute atomic E-state index is 13.2. The lowest BCUT2D eigenvalue weighted by atomic mass is 10.0. The van der Waals surface area contributed by atoms with Crippen LogP contribution in [0.5, 0.6) is 5.75 Å². The number of ether oxygens (including phenoxy) is 1. The number of benzene rings is 2. The molecule has 168 valence electrons. The van der Waals surface area contributed by atoms with Crippen LogP contribution < -0.4 is 10.1 Å². The van der Waals surface area contributed by atoms with E-state index in [1.807, 2.05) is 24.3 Å². The molecule has 0 fully saturated rings. The second-order valence-electron chi connectivity index (χ2n) is 7.86. The average Bonchev–Trinajstić information content (AvgIpc) is 2.81. The van der Waals surface area contributed by atoms with E-state index in [4.69, 9.17) is 4.74 Å². The first-order valence-electron chi connectivity index (χ1n) is 11.3. The van der Waals surface area contributed by atoms with Crippen LogP contribution in [0.25, 0.3) is 0 Å². The molecule has 2 aromatic rings. The van der Waals surface area contributed by atoms with Gasteiger partial charge in [-0.15, -0.1) is 0 Å². The van der Waals surface area contributed by atoms with Gasteiger partial charge in [-0.3, -0.25) is 9.59 Å². The lowest BCUT2D eigenvalue weighted by Gasteiger charge is -2.29. The van der Waals surface area contributed by atoms with Gasteiger partial charge in [0.2, 0.25) is 11.8 Å². The minimum absolute atomic E-state index is 0.0199. The summed E-state index contributed by atoms with van der Waals surface area (Å²) >= 11 is 0. The van der Waals surface area contributed by atoms with Crippen LogP contribution in [0, 0.1) is 0 Å². The third-order valence-corrected chi connectivity index (χ3v) is 5.57. The fourth-order valence-electron chi connectivity index (χ4n) is 3.38. The van der Waals surface area contributed by atoms with Gasteiger partial charge in [0.25, 0.3) is 0 Å². The second-order valence-corrected chi connectivity index (χ2v) is 7.86. The first kappa shape index (κ1) is 24.4. The highest BCUT2D eigenvalue weighted by atomic mass is 16.5. The molecule has 0 unspecified atom stereocenters. The van der Waals surface area contributed by atoms with Crippen LogP contribution in [-0.2, 0) is 29.0 Å². The Balaban J connectivity index is 2.09. The van der Waals surface area contributed by atoms with Gasteiger partial charge in [-0.05, 0) is 55.0 Å². The van der Waals surface area contributed by atoms with E-state index < -0.39 is 6.04 Å². The molecule has 0 bridgehead atoms. The minimum atomic E-state index is -0.533. The van der Waals surface area contributed by atoms with E-state index in [1.54, 1.807) is 18.9 Å². The number of methoxy groups -OCH3 is 1. The topological polar surface area (TPSA) is 58.6 Å². The maximum Gasteiger partial charge on any atom is 0.242 e. The Hall–Kier alpha value is -2.82. The molecule has 0 aromatic heterocycles. The number of nitrogens with one attached hydrogen (secondary N) is 1. The number of rotatable bonds is 12. The van der Waals surface area contributed by atoms with Gasteiger partial charge < -0.3 is 15.0 Å². The molecule has 1 atom stereocenters. The summed E-state index contributed by atoms with van der Waals surface area (Å²) < 4.78 is 5.22. The molecule has 0 saturated carbocycles. The molecule has 0 heterocycles. The van der Waals surface area contributed by atoms with E-state index in [9.17, 15) is 9.59 Å². The smallest absolute Gasteiger partial charge is 0.242 e. The third-order valence-electron chi connectivity index (χ3n) is 5.57. The normalized spacial score (nSPS) is 11.6. The van der Waals surface area contributed by atoms with Crippen molar-refractivity contribution in [3.05, 3.63) is 65.2 Å². The zero-order valence-corrected chi connectivity index (χ0v) is 19.3. The van der Waals surface area contributed by atoms with Gasteiger partial charge in [0.1, 0.15) is 11.8 Å². The van der Waals surface area contributed by atoms with Gasteiger partial charge in [0.15, 0.2) is 0 Å². The quantitative estimate of drug-likeness (QED) is 0.510. The highest BCUT2D eigenvalue weighted by molar-refractivity contribution is 5.87. The molecule has 0 aliphatic carbocycles. The molecular formula is C26H36N2O3. The SMILES string of the molecule is CCCCNC(=O)[C@H](C)N(Cc1ccc(OC)cc1)C(=O)CCc1ccc(CC)cc1. The van der Waals surface area contributed by atoms with E-state index in [1.165, 1.54) is 5.56 Å². The molecule has 1 N–H and O–H groups in total. The van der Waals surface area contributed by atoms with Crippen molar-refractivity contribution < 1.29 is 14.3 Å². The summed E-state index contributed by atoms with van der Waals surface area (Å²) in [6, 6.07) is 15.5. The van der Waals surface area contributed by atoms with E-state index in [-0.39, 0.29) is 11.8 Å². The van der Waals surface area contributed by atoms with Crippen LogP contribution in [0.3, 0.4) is 0 Å². The Morgan fingerprint density at radius 3 is 2.16 bits per heavy atom. The molecule has 0 aliphatic heterocycles. The number of carbonyl (C=O) groups excluding carboxylic acids is 2. The molecule has 5 heteroatoms. The Bertz CT molecular complexity index is 816. The predicted octanol–water partition coefficient (Wildman–Crippen LogP) is 4.52. The zero-order chi connectivity index (χ0) is 22.6. The van der Waals surface area contributed by atoms with E-state index in [0.717, 1.165) is 36.1 Å². The van der Waals surface area contributed by atoms with Crippen molar-refractivity contribution in [2.24, 2.45) is 0 Å². The summed E-state index contributed by atoms with van der Waals surface area (Å²) in [5.74, 6) is 0.638. The van der Waals surface area contributed by atoms with Crippen molar-refractivity contribution in [2.75, 3.05) is 13.7 Å². The highest BCUT2D eigenvalue weighted by Gasteiger charge is 2.25. The van der Waals surface area contributed by atoms with Crippen molar-refractivity contribution in [3.8, 4) is 5.75 Å². The lowest BCUT2D eigenvalue weighted by Crippen LogP contribution is -2.47. The maximum atomic E-state index is 13.2. The fourth-order valence-corrected chi connectivity index (χ4v) is 3.38. The molecule has 2 rings (SSSR count). The molecule has 31 heavy (non-hydrogen) atoms. The summed E-state index contributed by atoms with van der Waals surface area (Å²) in [5, 5.41) is 2.96. The number of amides is 2. The van der Waals surface area contributed by atoms with Crippen LogP contribution in [0.2, 0.25) is 0 Å². The number of aryl methyl sites for hydroxylation is 2. The van der Waals surface area contributed by atoms with Crippen molar-refractivity contribution >= 4 is 11.8 Å². The first-order valence-corrected chi connectivity index (χ1v) is 11.3. The van der Waals surface area contributed by atoms with Gasteiger partial charge in [-0.1, -0.05) is 56.7 Å². The molecule has 0 saturated heterocycles. The highest BCUT2D eigenvalue weighted by Crippen LogP contribution is 2.16. The summed E-state index contributed by atoms with van der Waals surface area (Å²) in [7, 11) is 1.63. The summed E-state index contributed by atoms with van der Waals surface area (Å²) in [5.41, 5.74) is 3.39. The minimum Gasteiger partial charge on any atom is -0.497 e. The van der Waals surface area contributed by atoms with Gasteiger partial charge in [-0.25, -0.2) is 0 Å². The zero-order valence-electron chi connectivity index (χ0n) is 19.3. The standard InChI is InChI=1S/C26H36N2O3/c1-5-7-18-27-26(30)20(3)28(19-23-12-15-24(31-4)16-13-23)25(29)17-14-22-10-8-21(6-2)9-11-22/h8-13,15-16,20H,5-7,14,17-19H2,1-4H3,(H,27,30)/t20-/m0/s1. The molecule has 0 spiro atoms. The van der Waals surface area contributed by atoms with Crippen LogP contribution in [0.15, 0.2) is 48.5 Å². The van der Waals surface area contributed by atoms with E-state index in [0.29, 0.717) is 25.9 Å². The van der Waals surface area contributed by atoms with Crippen molar-refractivity contribution in [1.29, 1.82) is 0 Å². The number of nitrogens with zero attached hydrogens (tertiary/aromatic N) is 1. The molecule has 0 radical (unpaired) electrons. The number of unbranched alkanes of at least 4 members (excludes halogenated alkanes) is 1. The Kier molecular flexibility index (Phi) is 10.1. The first-order chi connectivity index (χ1) is 15.0.